The molecule has 0 bridgehead atoms. The van der Waals surface area contributed by atoms with Gasteiger partial charge in [-0.2, -0.15) is 13.2 Å². The minimum Gasteiger partial charge on any atom is -0.316 e. The number of alkyl halides is 3. The summed E-state index contributed by atoms with van der Waals surface area (Å²) in [4.78, 5) is 4.35. The lowest BCUT2D eigenvalue weighted by Crippen LogP contribution is -2.07. The predicted octanol–water partition coefficient (Wildman–Crippen LogP) is 3.39. The molecule has 0 radical (unpaired) electrons. The minimum absolute atomic E-state index is 0.344. The molecule has 1 aromatic carbocycles. The third-order valence-electron chi connectivity index (χ3n) is 3.14. The van der Waals surface area contributed by atoms with Gasteiger partial charge in [0.1, 0.15) is 0 Å². The van der Waals surface area contributed by atoms with Crippen LogP contribution in [0.5, 0.6) is 0 Å². The molecule has 6 heteroatoms. The fourth-order valence-electron chi connectivity index (χ4n) is 2.16. The monoisotopic (exact) mass is 272 g/mol. The fraction of sp³-hybridized carbons (Fsp3) is 0.417. The Morgan fingerprint density at radius 2 is 2.17 bits per heavy atom. The maximum atomic E-state index is 12.6. The van der Waals surface area contributed by atoms with E-state index in [9.17, 15) is 13.2 Å². The maximum Gasteiger partial charge on any atom is 0.416 e. The third kappa shape index (κ3) is 2.10. The number of hydrogen-bond donors (Lipinski definition) is 1. The van der Waals surface area contributed by atoms with E-state index in [2.05, 4.69) is 10.3 Å². The van der Waals surface area contributed by atoms with Crippen LogP contribution in [0.15, 0.2) is 18.2 Å². The molecule has 18 heavy (non-hydrogen) atoms. The van der Waals surface area contributed by atoms with E-state index in [1.54, 1.807) is 0 Å². The van der Waals surface area contributed by atoms with E-state index in [0.717, 1.165) is 41.4 Å². The summed E-state index contributed by atoms with van der Waals surface area (Å²) < 4.78 is 38.6. The average Bonchev–Trinajstić information content (AvgIpc) is 2.95. The number of thiazole rings is 1. The van der Waals surface area contributed by atoms with E-state index in [0.29, 0.717) is 11.4 Å². The fourth-order valence-corrected chi connectivity index (χ4v) is 3.24. The zero-order valence-electron chi connectivity index (χ0n) is 9.42. The molecule has 1 aliphatic rings. The van der Waals surface area contributed by atoms with Gasteiger partial charge < -0.3 is 5.32 Å². The van der Waals surface area contributed by atoms with Crippen LogP contribution in [0, 0.1) is 0 Å². The van der Waals surface area contributed by atoms with Crippen LogP contribution in [-0.2, 0) is 6.18 Å². The van der Waals surface area contributed by atoms with Crippen LogP contribution in [0.3, 0.4) is 0 Å². The second kappa shape index (κ2) is 4.20. The van der Waals surface area contributed by atoms with Gasteiger partial charge in [0.2, 0.25) is 0 Å². The summed E-state index contributed by atoms with van der Waals surface area (Å²) in [6, 6.07) is 3.77. The SMILES string of the molecule is FC(F)(F)c1ccc2sc([C@H]3CCNC3)nc2c1. The average molecular weight is 272 g/mol. The summed E-state index contributed by atoms with van der Waals surface area (Å²) in [5.74, 6) is 0.344. The van der Waals surface area contributed by atoms with Crippen LogP contribution in [0.25, 0.3) is 10.2 Å². The Hall–Kier alpha value is -1.14. The number of rotatable bonds is 1. The van der Waals surface area contributed by atoms with Crippen molar-refractivity contribution >= 4 is 21.6 Å². The van der Waals surface area contributed by atoms with Gasteiger partial charge in [-0.25, -0.2) is 4.98 Å². The van der Waals surface area contributed by atoms with E-state index in [1.807, 2.05) is 0 Å². The van der Waals surface area contributed by atoms with Crippen molar-refractivity contribution in [3.8, 4) is 0 Å². The van der Waals surface area contributed by atoms with Crippen LogP contribution in [0.4, 0.5) is 13.2 Å². The molecule has 0 amide bonds. The molecule has 1 aromatic heterocycles. The Morgan fingerprint density at radius 3 is 2.83 bits per heavy atom. The summed E-state index contributed by atoms with van der Waals surface area (Å²) in [6.07, 6.45) is -3.29. The third-order valence-corrected chi connectivity index (χ3v) is 4.34. The number of nitrogens with zero attached hydrogens (tertiary/aromatic N) is 1. The molecule has 3 rings (SSSR count). The lowest BCUT2D eigenvalue weighted by molar-refractivity contribution is -0.137. The zero-order chi connectivity index (χ0) is 12.8. The van der Waals surface area contributed by atoms with Crippen LogP contribution < -0.4 is 5.32 Å². The molecule has 1 saturated heterocycles. The molecule has 1 atom stereocenters. The van der Waals surface area contributed by atoms with Gasteiger partial charge in [0.25, 0.3) is 0 Å². The molecule has 2 aromatic rings. The Bertz CT molecular complexity index is 570. The summed E-state index contributed by atoms with van der Waals surface area (Å²) in [7, 11) is 0. The number of benzene rings is 1. The molecule has 2 heterocycles. The van der Waals surface area contributed by atoms with Gasteiger partial charge in [0.05, 0.1) is 20.8 Å². The van der Waals surface area contributed by atoms with E-state index in [4.69, 9.17) is 0 Å². The topological polar surface area (TPSA) is 24.9 Å². The van der Waals surface area contributed by atoms with Gasteiger partial charge in [0.15, 0.2) is 0 Å². The first-order valence-corrected chi connectivity index (χ1v) is 6.54. The lowest BCUT2D eigenvalue weighted by atomic mass is 10.1. The maximum absolute atomic E-state index is 12.6. The van der Waals surface area contributed by atoms with Crippen molar-refractivity contribution in [3.05, 3.63) is 28.8 Å². The van der Waals surface area contributed by atoms with Crippen LogP contribution in [0.2, 0.25) is 0 Å². The largest absolute Gasteiger partial charge is 0.416 e. The highest BCUT2D eigenvalue weighted by Gasteiger charge is 2.31. The lowest BCUT2D eigenvalue weighted by Gasteiger charge is -2.04. The van der Waals surface area contributed by atoms with Crippen LogP contribution in [-0.4, -0.2) is 18.1 Å². The molecular weight excluding hydrogens is 261 g/mol. The van der Waals surface area contributed by atoms with E-state index in [1.165, 1.54) is 17.4 Å². The van der Waals surface area contributed by atoms with Crippen LogP contribution in [0.1, 0.15) is 22.9 Å². The quantitative estimate of drug-likeness (QED) is 0.860. The highest BCUT2D eigenvalue weighted by Crippen LogP contribution is 2.35. The van der Waals surface area contributed by atoms with Gasteiger partial charge in [-0.1, -0.05) is 0 Å². The molecule has 0 aliphatic carbocycles. The van der Waals surface area contributed by atoms with Crippen molar-refractivity contribution in [2.45, 2.75) is 18.5 Å². The number of fused-ring (bicyclic) bond motifs is 1. The normalized spacial score (nSPS) is 20.7. The smallest absolute Gasteiger partial charge is 0.316 e. The van der Waals surface area contributed by atoms with Gasteiger partial charge in [-0.05, 0) is 31.2 Å². The molecule has 1 fully saturated rings. The first-order chi connectivity index (χ1) is 8.54. The molecule has 0 spiro atoms. The molecule has 1 aliphatic heterocycles. The van der Waals surface area contributed by atoms with Crippen molar-refractivity contribution in [1.82, 2.24) is 10.3 Å². The number of aromatic nitrogens is 1. The number of halogens is 3. The highest BCUT2D eigenvalue weighted by atomic mass is 32.1. The second-order valence-corrected chi connectivity index (χ2v) is 5.48. The van der Waals surface area contributed by atoms with E-state index >= 15 is 0 Å². The highest BCUT2D eigenvalue weighted by molar-refractivity contribution is 7.18. The number of hydrogen-bond acceptors (Lipinski definition) is 3. The van der Waals surface area contributed by atoms with Crippen molar-refractivity contribution in [3.63, 3.8) is 0 Å². The van der Waals surface area contributed by atoms with Gasteiger partial charge in [0, 0.05) is 12.5 Å². The van der Waals surface area contributed by atoms with Gasteiger partial charge in [-0.3, -0.25) is 0 Å². The van der Waals surface area contributed by atoms with Gasteiger partial charge in [-0.15, -0.1) is 11.3 Å². The Balaban J connectivity index is 2.01. The molecular formula is C12H11F3N2S. The molecule has 0 saturated carbocycles. The molecule has 96 valence electrons. The predicted molar refractivity (Wildman–Crippen MR) is 64.8 cm³/mol. The van der Waals surface area contributed by atoms with Crippen molar-refractivity contribution in [1.29, 1.82) is 0 Å². The summed E-state index contributed by atoms with van der Waals surface area (Å²) in [5, 5.41) is 4.18. The van der Waals surface area contributed by atoms with Crippen molar-refractivity contribution in [2.75, 3.05) is 13.1 Å². The molecule has 0 unspecified atom stereocenters. The van der Waals surface area contributed by atoms with E-state index < -0.39 is 11.7 Å². The van der Waals surface area contributed by atoms with Gasteiger partial charge >= 0.3 is 6.18 Å². The minimum atomic E-state index is -4.30. The Labute approximate surface area is 106 Å². The Kier molecular flexibility index (Phi) is 2.79. The van der Waals surface area contributed by atoms with Crippen molar-refractivity contribution < 1.29 is 13.2 Å². The zero-order valence-corrected chi connectivity index (χ0v) is 10.2. The Morgan fingerprint density at radius 1 is 1.33 bits per heavy atom. The van der Waals surface area contributed by atoms with Crippen LogP contribution >= 0.6 is 11.3 Å². The standard InChI is InChI=1S/C12H11F3N2S/c13-12(14,15)8-1-2-10-9(5-8)17-11(18-10)7-3-4-16-6-7/h1-2,5,7,16H,3-4,6H2/t7-/m0/s1. The summed E-state index contributed by atoms with van der Waals surface area (Å²) >= 11 is 1.50. The van der Waals surface area contributed by atoms with Crippen molar-refractivity contribution in [2.24, 2.45) is 0 Å². The van der Waals surface area contributed by atoms with E-state index in [-0.39, 0.29) is 0 Å². The molecule has 2 nitrogen and oxygen atoms in total. The summed E-state index contributed by atoms with van der Waals surface area (Å²) in [6.45, 7) is 1.82. The number of nitrogens with one attached hydrogen (secondary N) is 1. The second-order valence-electron chi connectivity index (χ2n) is 4.42. The summed E-state index contributed by atoms with van der Waals surface area (Å²) in [5.41, 5.74) is -0.173. The first kappa shape index (κ1) is 11.9. The molecule has 1 N–H and O–H groups in total. The first-order valence-electron chi connectivity index (χ1n) is 5.72.